The van der Waals surface area contributed by atoms with E-state index in [1.54, 1.807) is 12.1 Å². The lowest BCUT2D eigenvalue weighted by molar-refractivity contribution is 0.144. The Balaban J connectivity index is 1.63. The summed E-state index contributed by atoms with van der Waals surface area (Å²) in [5, 5.41) is 8.97. The third-order valence-electron chi connectivity index (χ3n) is 5.18. The number of benzene rings is 3. The Morgan fingerprint density at radius 1 is 1.00 bits per heavy atom. The molecule has 0 aliphatic carbocycles. The third-order valence-corrected chi connectivity index (χ3v) is 5.18. The Kier molecular flexibility index (Phi) is 5.80. The number of carboxylic acid groups (broad SMARTS) is 1. The molecule has 30 heavy (non-hydrogen) atoms. The van der Waals surface area contributed by atoms with Crippen molar-refractivity contribution in [2.45, 2.75) is 32.7 Å². The summed E-state index contributed by atoms with van der Waals surface area (Å²) in [6, 6.07) is 23.6. The van der Waals surface area contributed by atoms with Crippen molar-refractivity contribution >= 4 is 17.2 Å². The van der Waals surface area contributed by atoms with Gasteiger partial charge in [-0.25, -0.2) is 9.78 Å². The number of imidazole rings is 1. The van der Waals surface area contributed by atoms with Crippen LogP contribution in [0.3, 0.4) is 0 Å². The number of aryl methyl sites for hydroxylation is 1. The Morgan fingerprint density at radius 3 is 2.50 bits per heavy atom. The monoisotopic (exact) mass is 400 g/mol. The molecule has 1 N–H and O–H groups in total. The molecule has 4 aromatic rings. The average molecular weight is 400 g/mol. The fraction of sp³-hybridized carbons (Fsp3) is 0.200. The zero-order chi connectivity index (χ0) is 20.9. The van der Waals surface area contributed by atoms with E-state index in [0.29, 0.717) is 5.75 Å². The van der Waals surface area contributed by atoms with Gasteiger partial charge in [-0.05, 0) is 35.7 Å². The van der Waals surface area contributed by atoms with Crippen molar-refractivity contribution in [2.24, 2.45) is 0 Å². The Hall–Kier alpha value is -3.60. The van der Waals surface area contributed by atoms with Crippen LogP contribution in [0.2, 0.25) is 0 Å². The smallest absolute Gasteiger partial charge is 0.449 e. The van der Waals surface area contributed by atoms with E-state index in [2.05, 4.69) is 35.8 Å². The van der Waals surface area contributed by atoms with Gasteiger partial charge in [0.2, 0.25) is 0 Å². The molecule has 4 rings (SSSR count). The molecular formula is C25H24N2O3. The van der Waals surface area contributed by atoms with Gasteiger partial charge in [-0.1, -0.05) is 67.9 Å². The van der Waals surface area contributed by atoms with Crippen LogP contribution in [0.5, 0.6) is 5.75 Å². The van der Waals surface area contributed by atoms with Crippen molar-refractivity contribution in [1.82, 2.24) is 9.55 Å². The van der Waals surface area contributed by atoms with Crippen LogP contribution < -0.4 is 4.74 Å². The summed E-state index contributed by atoms with van der Waals surface area (Å²) in [5.41, 5.74) is 5.00. The summed E-state index contributed by atoms with van der Waals surface area (Å²) in [4.78, 5) is 15.8. The van der Waals surface area contributed by atoms with Crippen molar-refractivity contribution in [1.29, 1.82) is 0 Å². The fourth-order valence-electron chi connectivity index (χ4n) is 3.69. The van der Waals surface area contributed by atoms with Gasteiger partial charge in [0.05, 0.1) is 11.0 Å². The van der Waals surface area contributed by atoms with Crippen LogP contribution in [0.1, 0.15) is 31.2 Å². The molecular weight excluding hydrogens is 376 g/mol. The highest BCUT2D eigenvalue weighted by atomic mass is 16.7. The van der Waals surface area contributed by atoms with Crippen LogP contribution in [-0.2, 0) is 13.0 Å². The van der Waals surface area contributed by atoms with Crippen molar-refractivity contribution in [3.63, 3.8) is 0 Å². The van der Waals surface area contributed by atoms with Crippen LogP contribution in [0.4, 0.5) is 4.79 Å². The van der Waals surface area contributed by atoms with Crippen LogP contribution >= 0.6 is 0 Å². The number of rotatable bonds is 7. The Bertz CT molecular complexity index is 1160. The molecule has 0 fully saturated rings. The largest absolute Gasteiger partial charge is 0.511 e. The number of aromatic nitrogens is 2. The van der Waals surface area contributed by atoms with Gasteiger partial charge in [0.25, 0.3) is 0 Å². The summed E-state index contributed by atoms with van der Waals surface area (Å²) >= 11 is 0. The highest BCUT2D eigenvalue weighted by Crippen LogP contribution is 2.30. The second-order valence-electron chi connectivity index (χ2n) is 7.27. The Morgan fingerprint density at radius 2 is 1.73 bits per heavy atom. The minimum Gasteiger partial charge on any atom is -0.449 e. The molecule has 0 aliphatic rings. The summed E-state index contributed by atoms with van der Waals surface area (Å²) in [6.07, 6.45) is 1.90. The predicted molar refractivity (Wildman–Crippen MR) is 118 cm³/mol. The molecule has 1 heterocycles. The maximum absolute atomic E-state index is 11.0. The molecule has 0 radical (unpaired) electrons. The maximum Gasteiger partial charge on any atom is 0.511 e. The second-order valence-corrected chi connectivity index (χ2v) is 7.27. The SMILES string of the molecule is CCCCc1nc2ccccc2n1Cc1ccc(-c2ccccc2OC(=O)O)cc1. The first-order valence-electron chi connectivity index (χ1n) is 10.2. The number of fused-ring (bicyclic) bond motifs is 1. The predicted octanol–water partition coefficient (Wildman–Crippen LogP) is 6.15. The second kappa shape index (κ2) is 8.82. The first-order valence-corrected chi connectivity index (χ1v) is 10.2. The fourth-order valence-corrected chi connectivity index (χ4v) is 3.69. The summed E-state index contributed by atoms with van der Waals surface area (Å²) in [6.45, 7) is 2.94. The van der Waals surface area contributed by atoms with Gasteiger partial charge in [-0.2, -0.15) is 0 Å². The van der Waals surface area contributed by atoms with Gasteiger partial charge in [-0.3, -0.25) is 0 Å². The molecule has 152 valence electrons. The number of nitrogens with zero attached hydrogens (tertiary/aromatic N) is 2. The molecule has 3 aromatic carbocycles. The normalized spacial score (nSPS) is 11.0. The van der Waals surface area contributed by atoms with E-state index in [1.807, 2.05) is 36.4 Å². The first kappa shape index (κ1) is 19.7. The molecule has 0 saturated heterocycles. The zero-order valence-corrected chi connectivity index (χ0v) is 16.9. The van der Waals surface area contributed by atoms with E-state index in [-0.39, 0.29) is 0 Å². The van der Waals surface area contributed by atoms with E-state index in [4.69, 9.17) is 14.8 Å². The number of ether oxygens (including phenoxy) is 1. The maximum atomic E-state index is 11.0. The molecule has 5 nitrogen and oxygen atoms in total. The van der Waals surface area contributed by atoms with Crippen molar-refractivity contribution in [2.75, 3.05) is 0 Å². The van der Waals surface area contributed by atoms with Gasteiger partial charge in [0.15, 0.2) is 0 Å². The van der Waals surface area contributed by atoms with E-state index < -0.39 is 6.16 Å². The van der Waals surface area contributed by atoms with Crippen LogP contribution in [-0.4, -0.2) is 20.8 Å². The minimum atomic E-state index is -1.31. The van der Waals surface area contributed by atoms with E-state index in [1.165, 1.54) is 0 Å². The third kappa shape index (κ3) is 4.20. The van der Waals surface area contributed by atoms with Crippen LogP contribution in [0.25, 0.3) is 22.2 Å². The molecule has 0 saturated carbocycles. The van der Waals surface area contributed by atoms with Crippen LogP contribution in [0.15, 0.2) is 72.8 Å². The Labute approximate surface area is 175 Å². The highest BCUT2D eigenvalue weighted by Gasteiger charge is 2.12. The van der Waals surface area contributed by atoms with E-state index in [9.17, 15) is 4.79 Å². The molecule has 0 spiro atoms. The first-order chi connectivity index (χ1) is 14.7. The molecule has 0 unspecified atom stereocenters. The molecule has 0 aliphatic heterocycles. The quantitative estimate of drug-likeness (QED) is 0.298. The molecule has 0 atom stereocenters. The number of hydrogen-bond acceptors (Lipinski definition) is 3. The van der Waals surface area contributed by atoms with E-state index in [0.717, 1.165) is 59.4 Å². The summed E-state index contributed by atoms with van der Waals surface area (Å²) < 4.78 is 7.21. The van der Waals surface area contributed by atoms with Crippen LogP contribution in [0, 0.1) is 0 Å². The summed E-state index contributed by atoms with van der Waals surface area (Å²) in [7, 11) is 0. The minimum absolute atomic E-state index is 0.334. The van der Waals surface area contributed by atoms with Gasteiger partial charge in [-0.15, -0.1) is 0 Å². The number of para-hydroxylation sites is 3. The molecule has 0 amide bonds. The lowest BCUT2D eigenvalue weighted by atomic mass is 10.0. The van der Waals surface area contributed by atoms with Crippen molar-refractivity contribution in [3.05, 3.63) is 84.2 Å². The molecule has 5 heteroatoms. The topological polar surface area (TPSA) is 64.4 Å². The van der Waals surface area contributed by atoms with Gasteiger partial charge >= 0.3 is 6.16 Å². The van der Waals surface area contributed by atoms with Gasteiger partial charge in [0, 0.05) is 18.5 Å². The summed E-state index contributed by atoms with van der Waals surface area (Å²) in [5.74, 6) is 1.45. The van der Waals surface area contributed by atoms with Crippen molar-refractivity contribution < 1.29 is 14.6 Å². The zero-order valence-electron chi connectivity index (χ0n) is 16.9. The lowest BCUT2D eigenvalue weighted by Crippen LogP contribution is -2.05. The van der Waals surface area contributed by atoms with E-state index >= 15 is 0 Å². The number of unbranched alkanes of at least 4 members (excludes halogenated alkanes) is 1. The van der Waals surface area contributed by atoms with Crippen molar-refractivity contribution in [3.8, 4) is 16.9 Å². The average Bonchev–Trinajstić information content (AvgIpc) is 3.10. The number of carbonyl (C=O) groups is 1. The van der Waals surface area contributed by atoms with Gasteiger partial charge < -0.3 is 14.4 Å². The molecule has 0 bridgehead atoms. The lowest BCUT2D eigenvalue weighted by Gasteiger charge is -2.11. The van der Waals surface area contributed by atoms with Gasteiger partial charge in [0.1, 0.15) is 11.6 Å². The standard InChI is InChI=1S/C25H24N2O3/c1-2-3-12-24-26-21-9-5-6-10-22(21)27(24)17-18-13-15-19(16-14-18)20-8-4-7-11-23(20)30-25(28)29/h4-11,13-16H,2-3,12,17H2,1H3,(H,28,29). The number of hydrogen-bond donors (Lipinski definition) is 1. The highest BCUT2D eigenvalue weighted by molar-refractivity contribution is 5.76. The molecule has 1 aromatic heterocycles.